The number of nitrogens with zero attached hydrogens (tertiary/aromatic N) is 2. The highest BCUT2D eigenvalue weighted by Crippen LogP contribution is 2.26. The third-order valence-electron chi connectivity index (χ3n) is 6.90. The van der Waals surface area contributed by atoms with Crippen molar-refractivity contribution < 1.29 is 22.7 Å². The number of hydrogen-bond acceptors (Lipinski definition) is 5. The summed E-state index contributed by atoms with van der Waals surface area (Å²) >= 11 is 0. The van der Waals surface area contributed by atoms with Crippen LogP contribution in [0.1, 0.15) is 16.7 Å². The van der Waals surface area contributed by atoms with E-state index in [1.165, 1.54) is 11.9 Å². The zero-order chi connectivity index (χ0) is 30.1. The van der Waals surface area contributed by atoms with Crippen LogP contribution < -0.4 is 14.4 Å². The van der Waals surface area contributed by atoms with Crippen LogP contribution in [0.4, 0.5) is 5.69 Å². The van der Waals surface area contributed by atoms with Crippen LogP contribution >= 0.6 is 0 Å². The van der Waals surface area contributed by atoms with Crippen molar-refractivity contribution in [1.82, 2.24) is 10.2 Å². The Hall–Kier alpha value is -4.63. The molecule has 42 heavy (non-hydrogen) atoms. The van der Waals surface area contributed by atoms with Crippen LogP contribution in [0.15, 0.2) is 109 Å². The summed E-state index contributed by atoms with van der Waals surface area (Å²) in [5.41, 5.74) is 3.00. The number of benzene rings is 4. The minimum Gasteiger partial charge on any atom is -0.457 e. The average Bonchev–Trinajstić information content (AvgIpc) is 2.99. The third-order valence-corrected chi connectivity index (χ3v) is 8.04. The second kappa shape index (κ2) is 13.8. The maximum Gasteiger partial charge on any atom is 0.244 e. The van der Waals surface area contributed by atoms with E-state index in [-0.39, 0.29) is 18.9 Å². The second-order valence-electron chi connectivity index (χ2n) is 9.95. The molecule has 0 aromatic heterocycles. The molecule has 1 atom stereocenters. The molecule has 218 valence electrons. The molecule has 0 radical (unpaired) electrons. The molecular formula is C33H35N3O5S. The number of ether oxygens (including phenoxy) is 1. The van der Waals surface area contributed by atoms with Gasteiger partial charge in [-0.1, -0.05) is 72.8 Å². The zero-order valence-corrected chi connectivity index (χ0v) is 24.8. The van der Waals surface area contributed by atoms with Gasteiger partial charge in [0.15, 0.2) is 0 Å². The molecule has 8 nitrogen and oxygen atoms in total. The first kappa shape index (κ1) is 30.3. The number of anilines is 1. The number of amides is 2. The van der Waals surface area contributed by atoms with Gasteiger partial charge in [-0.05, 0) is 60.0 Å². The van der Waals surface area contributed by atoms with Crippen molar-refractivity contribution in [2.75, 3.05) is 24.2 Å². The second-order valence-corrected chi connectivity index (χ2v) is 11.9. The molecule has 2 amide bonds. The lowest BCUT2D eigenvalue weighted by Gasteiger charge is -2.33. The van der Waals surface area contributed by atoms with Gasteiger partial charge in [-0.15, -0.1) is 0 Å². The van der Waals surface area contributed by atoms with Gasteiger partial charge in [-0.3, -0.25) is 13.9 Å². The van der Waals surface area contributed by atoms with Gasteiger partial charge in [0.1, 0.15) is 24.1 Å². The first-order valence-electron chi connectivity index (χ1n) is 13.6. The van der Waals surface area contributed by atoms with E-state index in [0.717, 1.165) is 27.3 Å². The van der Waals surface area contributed by atoms with Crippen molar-refractivity contribution in [3.8, 4) is 11.5 Å². The molecule has 0 aliphatic rings. The largest absolute Gasteiger partial charge is 0.457 e. The summed E-state index contributed by atoms with van der Waals surface area (Å²) in [5.74, 6) is 0.325. The Kier molecular flexibility index (Phi) is 9.98. The lowest BCUT2D eigenvalue weighted by Crippen LogP contribution is -2.53. The van der Waals surface area contributed by atoms with Crippen LogP contribution in [0.3, 0.4) is 0 Å². The Bertz CT molecular complexity index is 1590. The predicted octanol–water partition coefficient (Wildman–Crippen LogP) is 4.94. The number of likely N-dealkylation sites (N-methyl/N-ethyl adjacent to an activating group) is 1. The molecule has 0 bridgehead atoms. The van der Waals surface area contributed by atoms with E-state index in [2.05, 4.69) is 5.32 Å². The van der Waals surface area contributed by atoms with Gasteiger partial charge >= 0.3 is 0 Å². The fourth-order valence-electron chi connectivity index (χ4n) is 4.61. The SMILES string of the molecule is CNC(=O)C(Cc1ccccc1)N(Cc1ccccc1C)C(=O)CN(c1ccc(Oc2ccccc2)cc1)S(C)(=O)=O. The summed E-state index contributed by atoms with van der Waals surface area (Å²) in [7, 11) is -2.34. The van der Waals surface area contributed by atoms with E-state index < -0.39 is 28.5 Å². The summed E-state index contributed by atoms with van der Waals surface area (Å²) in [6, 6.07) is 31.9. The van der Waals surface area contributed by atoms with Gasteiger partial charge in [-0.2, -0.15) is 0 Å². The number of rotatable bonds is 12. The monoisotopic (exact) mass is 585 g/mol. The van der Waals surface area contributed by atoms with Crippen LogP contribution in [0.25, 0.3) is 0 Å². The maximum absolute atomic E-state index is 14.1. The van der Waals surface area contributed by atoms with Gasteiger partial charge in [0.25, 0.3) is 0 Å². The van der Waals surface area contributed by atoms with Crippen LogP contribution in [0.5, 0.6) is 11.5 Å². The number of carbonyl (C=O) groups excluding carboxylic acids is 2. The molecule has 9 heteroatoms. The highest BCUT2D eigenvalue weighted by atomic mass is 32.2. The number of carbonyl (C=O) groups is 2. The fourth-order valence-corrected chi connectivity index (χ4v) is 5.46. The molecule has 0 saturated heterocycles. The quantitative estimate of drug-likeness (QED) is 0.254. The Morgan fingerprint density at radius 1 is 0.810 bits per heavy atom. The molecule has 4 aromatic carbocycles. The van der Waals surface area contributed by atoms with Crippen LogP contribution in [-0.2, 0) is 32.6 Å². The highest BCUT2D eigenvalue weighted by molar-refractivity contribution is 7.92. The van der Waals surface area contributed by atoms with Crippen molar-refractivity contribution in [3.63, 3.8) is 0 Å². The van der Waals surface area contributed by atoms with E-state index in [4.69, 9.17) is 4.74 Å². The van der Waals surface area contributed by atoms with Gasteiger partial charge in [0.2, 0.25) is 21.8 Å². The predicted molar refractivity (Wildman–Crippen MR) is 165 cm³/mol. The Balaban J connectivity index is 1.66. The van der Waals surface area contributed by atoms with Crippen molar-refractivity contribution >= 4 is 27.5 Å². The van der Waals surface area contributed by atoms with E-state index in [1.807, 2.05) is 91.9 Å². The third kappa shape index (κ3) is 7.98. The molecule has 4 aromatic rings. The molecule has 0 spiro atoms. The normalized spacial score (nSPS) is 11.8. The molecular weight excluding hydrogens is 550 g/mol. The summed E-state index contributed by atoms with van der Waals surface area (Å²) in [5, 5.41) is 2.68. The lowest BCUT2D eigenvalue weighted by molar-refractivity contribution is -0.139. The van der Waals surface area contributed by atoms with Crippen LogP contribution in [0, 0.1) is 6.92 Å². The summed E-state index contributed by atoms with van der Waals surface area (Å²) < 4.78 is 32.8. The molecule has 0 saturated carbocycles. The molecule has 4 rings (SSSR count). The topological polar surface area (TPSA) is 96.0 Å². The smallest absolute Gasteiger partial charge is 0.244 e. The van der Waals surface area contributed by atoms with E-state index >= 15 is 0 Å². The minimum absolute atomic E-state index is 0.137. The molecule has 0 heterocycles. The van der Waals surface area contributed by atoms with Crippen molar-refractivity contribution in [3.05, 3.63) is 126 Å². The first-order valence-corrected chi connectivity index (χ1v) is 15.4. The number of aryl methyl sites for hydroxylation is 1. The minimum atomic E-state index is -3.87. The van der Waals surface area contributed by atoms with Gasteiger partial charge < -0.3 is 15.0 Å². The molecule has 0 aliphatic carbocycles. The molecule has 0 aliphatic heterocycles. The number of sulfonamides is 1. The number of nitrogens with one attached hydrogen (secondary N) is 1. The highest BCUT2D eigenvalue weighted by Gasteiger charge is 2.32. The van der Waals surface area contributed by atoms with E-state index in [9.17, 15) is 18.0 Å². The summed E-state index contributed by atoms with van der Waals surface area (Å²) in [6.45, 7) is 1.59. The maximum atomic E-state index is 14.1. The van der Waals surface area contributed by atoms with Gasteiger partial charge in [-0.25, -0.2) is 8.42 Å². The van der Waals surface area contributed by atoms with Gasteiger partial charge in [0, 0.05) is 20.0 Å². The summed E-state index contributed by atoms with van der Waals surface area (Å²) in [4.78, 5) is 28.8. The van der Waals surface area contributed by atoms with Crippen LogP contribution in [0.2, 0.25) is 0 Å². The first-order chi connectivity index (χ1) is 20.2. The fraction of sp³-hybridized carbons (Fsp3) is 0.212. The Morgan fingerprint density at radius 2 is 1.38 bits per heavy atom. The summed E-state index contributed by atoms with van der Waals surface area (Å²) in [6.07, 6.45) is 1.32. The van der Waals surface area contributed by atoms with Crippen LogP contribution in [-0.4, -0.2) is 51.0 Å². The van der Waals surface area contributed by atoms with E-state index in [0.29, 0.717) is 17.2 Å². The average molecular weight is 586 g/mol. The Morgan fingerprint density at radius 3 is 1.98 bits per heavy atom. The van der Waals surface area contributed by atoms with Gasteiger partial charge in [0.05, 0.1) is 11.9 Å². The molecule has 1 unspecified atom stereocenters. The van der Waals surface area contributed by atoms with Crippen molar-refractivity contribution in [1.29, 1.82) is 0 Å². The standard InChI is InChI=1S/C33H35N3O5S/c1-25-12-10-11-15-27(25)23-35(31(33(38)34-2)22-26-13-6-4-7-14-26)32(37)24-36(42(3,39)40)28-18-20-30(21-19-28)41-29-16-8-5-9-17-29/h4-21,31H,22-24H2,1-3H3,(H,34,38). The van der Waals surface area contributed by atoms with Crippen molar-refractivity contribution in [2.45, 2.75) is 25.9 Å². The number of hydrogen-bond donors (Lipinski definition) is 1. The lowest BCUT2D eigenvalue weighted by atomic mass is 10.0. The van der Waals surface area contributed by atoms with E-state index in [1.54, 1.807) is 24.3 Å². The zero-order valence-electron chi connectivity index (χ0n) is 23.9. The Labute approximate surface area is 247 Å². The number of para-hydroxylation sites is 1. The molecule has 1 N–H and O–H groups in total. The molecule has 0 fully saturated rings. The van der Waals surface area contributed by atoms with Crippen molar-refractivity contribution in [2.24, 2.45) is 0 Å².